The Hall–Kier alpha value is -5.59. The van der Waals surface area contributed by atoms with Crippen molar-refractivity contribution in [2.45, 2.75) is 29.4 Å². The van der Waals surface area contributed by atoms with Gasteiger partial charge in [0, 0.05) is 40.5 Å². The lowest BCUT2D eigenvalue weighted by atomic mass is 10.0. The molecule has 0 aliphatic carbocycles. The van der Waals surface area contributed by atoms with E-state index in [1.165, 1.54) is 19.6 Å². The first-order valence-corrected chi connectivity index (χ1v) is 19.8. The summed E-state index contributed by atoms with van der Waals surface area (Å²) in [6, 6.07) is 71.1. The predicted octanol–water partition coefficient (Wildman–Crippen LogP) is 15.1. The molecule has 0 bridgehead atoms. The average molecular weight is 739 g/mol. The molecule has 2 nitrogen and oxygen atoms in total. The van der Waals surface area contributed by atoms with Crippen LogP contribution in [0.25, 0.3) is 22.3 Å². The summed E-state index contributed by atoms with van der Waals surface area (Å²) in [6.07, 6.45) is 0. The molecule has 0 amide bonds. The fourth-order valence-corrected chi connectivity index (χ4v) is 9.33. The third kappa shape index (κ3) is 8.73. The number of benzene rings is 8. The molecule has 8 aromatic rings. The van der Waals surface area contributed by atoms with Crippen LogP contribution in [0.1, 0.15) is 0 Å². The van der Waals surface area contributed by atoms with E-state index in [0.717, 1.165) is 55.0 Å². The van der Waals surface area contributed by atoms with E-state index in [4.69, 9.17) is 9.47 Å². The van der Waals surface area contributed by atoms with Gasteiger partial charge in [0.25, 0.3) is 0 Å². The normalized spacial score (nSPS) is 10.9. The molecule has 0 aliphatic rings. The molecular formula is C48H34O2S3. The van der Waals surface area contributed by atoms with Gasteiger partial charge in [0.15, 0.2) is 0 Å². The van der Waals surface area contributed by atoms with Gasteiger partial charge < -0.3 is 9.47 Å². The molecule has 0 fully saturated rings. The molecule has 0 heterocycles. The summed E-state index contributed by atoms with van der Waals surface area (Å²) >= 11 is 5.35. The smallest absolute Gasteiger partial charge is 0.128 e. The van der Waals surface area contributed by atoms with Crippen LogP contribution in [0.15, 0.2) is 236 Å². The summed E-state index contributed by atoms with van der Waals surface area (Å²) in [7, 11) is 0. The highest BCUT2D eigenvalue weighted by molar-refractivity contribution is 8.01. The summed E-state index contributed by atoms with van der Waals surface area (Å²) in [6.45, 7) is 0. The van der Waals surface area contributed by atoms with Crippen molar-refractivity contribution in [3.05, 3.63) is 206 Å². The Kier molecular flexibility index (Phi) is 11.0. The Bertz CT molecular complexity index is 2250. The molecule has 0 atom stereocenters. The fourth-order valence-electron chi connectivity index (χ4n) is 5.96. The number of ether oxygens (including phenoxy) is 2. The second-order valence-electron chi connectivity index (χ2n) is 12.1. The molecule has 0 saturated heterocycles. The minimum atomic E-state index is 0.793. The minimum absolute atomic E-state index is 0.793. The van der Waals surface area contributed by atoms with Gasteiger partial charge in [0.2, 0.25) is 0 Å². The van der Waals surface area contributed by atoms with Crippen molar-refractivity contribution < 1.29 is 9.47 Å². The molecule has 0 aliphatic heterocycles. The molecule has 5 heteroatoms. The van der Waals surface area contributed by atoms with E-state index < -0.39 is 0 Å². The molecule has 0 spiro atoms. The standard InChI is InChI=1S/C48H34O2S3/c1-5-19-37(20-6-1)49-39-23-13-17-35(33-39)47-43(51-41-25-9-3-10-26-41)29-15-31-45(47)53-46-32-16-30-44(52-42-27-11-4-12-28-42)48(46)36-18-14-24-40(34-36)50-38-21-7-2-8-22-38/h1-34H. The monoisotopic (exact) mass is 738 g/mol. The Morgan fingerprint density at radius 1 is 0.264 bits per heavy atom. The summed E-state index contributed by atoms with van der Waals surface area (Å²) in [5.41, 5.74) is 4.51. The first-order valence-electron chi connectivity index (χ1n) is 17.3. The highest BCUT2D eigenvalue weighted by Gasteiger charge is 2.19. The number of hydrogen-bond donors (Lipinski definition) is 0. The lowest BCUT2D eigenvalue weighted by molar-refractivity contribution is 0.482. The maximum absolute atomic E-state index is 6.33. The summed E-state index contributed by atoms with van der Waals surface area (Å²) in [5, 5.41) is 0. The van der Waals surface area contributed by atoms with E-state index in [2.05, 4.69) is 133 Å². The predicted molar refractivity (Wildman–Crippen MR) is 222 cm³/mol. The SMILES string of the molecule is c1ccc(Oc2cccc(-c3c(Sc4ccccc4)cccc3Sc3cccc(Sc4ccccc4)c3-c3cccc(Oc4ccccc4)c3)c2)cc1. The largest absolute Gasteiger partial charge is 0.457 e. The maximum Gasteiger partial charge on any atom is 0.128 e. The first kappa shape index (κ1) is 34.5. The fraction of sp³-hybridized carbons (Fsp3) is 0. The van der Waals surface area contributed by atoms with Gasteiger partial charge in [-0.2, -0.15) is 0 Å². The van der Waals surface area contributed by atoms with Crippen LogP contribution in [0.2, 0.25) is 0 Å². The van der Waals surface area contributed by atoms with E-state index in [-0.39, 0.29) is 0 Å². The van der Waals surface area contributed by atoms with Crippen molar-refractivity contribution in [2.24, 2.45) is 0 Å². The van der Waals surface area contributed by atoms with Crippen molar-refractivity contribution in [1.29, 1.82) is 0 Å². The van der Waals surface area contributed by atoms with E-state index in [1.807, 2.05) is 72.8 Å². The molecule has 0 saturated carbocycles. The molecular weight excluding hydrogens is 705 g/mol. The van der Waals surface area contributed by atoms with Crippen LogP contribution in [0, 0.1) is 0 Å². The van der Waals surface area contributed by atoms with Crippen LogP contribution in [-0.4, -0.2) is 0 Å². The Labute approximate surface area is 323 Å². The van der Waals surface area contributed by atoms with Gasteiger partial charge in [-0.05, 0) is 108 Å². The lowest BCUT2D eigenvalue weighted by Crippen LogP contribution is -1.92. The van der Waals surface area contributed by atoms with Gasteiger partial charge in [-0.3, -0.25) is 0 Å². The summed E-state index contributed by atoms with van der Waals surface area (Å²) in [5.74, 6) is 3.20. The van der Waals surface area contributed by atoms with Gasteiger partial charge >= 0.3 is 0 Å². The van der Waals surface area contributed by atoms with E-state index in [9.17, 15) is 0 Å². The van der Waals surface area contributed by atoms with Gasteiger partial charge in [0.05, 0.1) is 0 Å². The van der Waals surface area contributed by atoms with Crippen LogP contribution in [0.3, 0.4) is 0 Å². The van der Waals surface area contributed by atoms with Gasteiger partial charge in [-0.15, -0.1) is 0 Å². The van der Waals surface area contributed by atoms with E-state index in [0.29, 0.717) is 0 Å². The number of para-hydroxylation sites is 2. The molecule has 0 aromatic heterocycles. The molecule has 53 heavy (non-hydrogen) atoms. The quantitative estimate of drug-likeness (QED) is 0.124. The van der Waals surface area contributed by atoms with E-state index >= 15 is 0 Å². The minimum Gasteiger partial charge on any atom is -0.457 e. The highest BCUT2D eigenvalue weighted by atomic mass is 32.2. The van der Waals surface area contributed by atoms with Gasteiger partial charge in [-0.1, -0.05) is 144 Å². The van der Waals surface area contributed by atoms with Crippen LogP contribution in [0.5, 0.6) is 23.0 Å². The lowest BCUT2D eigenvalue weighted by Gasteiger charge is -2.19. The van der Waals surface area contributed by atoms with E-state index in [1.54, 1.807) is 35.3 Å². The van der Waals surface area contributed by atoms with Crippen molar-refractivity contribution in [3.63, 3.8) is 0 Å². The molecule has 0 radical (unpaired) electrons. The highest BCUT2D eigenvalue weighted by Crippen LogP contribution is 2.49. The third-order valence-electron chi connectivity index (χ3n) is 8.34. The molecule has 0 unspecified atom stereocenters. The van der Waals surface area contributed by atoms with Crippen molar-refractivity contribution in [1.82, 2.24) is 0 Å². The van der Waals surface area contributed by atoms with Crippen LogP contribution in [0.4, 0.5) is 0 Å². The zero-order valence-corrected chi connectivity index (χ0v) is 31.1. The Balaban J connectivity index is 1.24. The maximum atomic E-state index is 6.33. The number of rotatable bonds is 12. The Morgan fingerprint density at radius 2 is 0.585 bits per heavy atom. The first-order chi connectivity index (χ1) is 26.2. The van der Waals surface area contributed by atoms with Crippen molar-refractivity contribution in [3.8, 4) is 45.3 Å². The van der Waals surface area contributed by atoms with Crippen LogP contribution >= 0.6 is 35.3 Å². The third-order valence-corrected chi connectivity index (χ3v) is 11.6. The van der Waals surface area contributed by atoms with Crippen LogP contribution < -0.4 is 9.47 Å². The molecule has 8 rings (SSSR count). The topological polar surface area (TPSA) is 18.5 Å². The second-order valence-corrected chi connectivity index (χ2v) is 15.4. The zero-order valence-electron chi connectivity index (χ0n) is 28.7. The average Bonchev–Trinajstić information content (AvgIpc) is 3.20. The number of hydrogen-bond acceptors (Lipinski definition) is 5. The molecule has 8 aromatic carbocycles. The second kappa shape index (κ2) is 16.8. The van der Waals surface area contributed by atoms with Gasteiger partial charge in [-0.25, -0.2) is 0 Å². The summed E-state index contributed by atoms with van der Waals surface area (Å²) in [4.78, 5) is 7.03. The van der Waals surface area contributed by atoms with Crippen molar-refractivity contribution in [2.75, 3.05) is 0 Å². The Morgan fingerprint density at radius 3 is 0.981 bits per heavy atom. The van der Waals surface area contributed by atoms with Gasteiger partial charge in [0.1, 0.15) is 23.0 Å². The molecule has 256 valence electrons. The summed E-state index contributed by atoms with van der Waals surface area (Å²) < 4.78 is 12.7. The van der Waals surface area contributed by atoms with Crippen LogP contribution in [-0.2, 0) is 0 Å². The zero-order chi connectivity index (χ0) is 35.7. The molecule has 0 N–H and O–H groups in total. The van der Waals surface area contributed by atoms with Crippen molar-refractivity contribution >= 4 is 35.3 Å².